The van der Waals surface area contributed by atoms with Gasteiger partial charge in [-0.2, -0.15) is 5.10 Å². The molecular weight excluding hydrogens is 352 g/mol. The molecule has 0 aliphatic rings. The summed E-state index contributed by atoms with van der Waals surface area (Å²) in [6.45, 7) is 11.1. The number of hydrazone groups is 1. The third-order valence-electron chi connectivity index (χ3n) is 4.17. The third kappa shape index (κ3) is 6.41. The van der Waals surface area contributed by atoms with Crippen LogP contribution in [-0.4, -0.2) is 25.3 Å². The Labute approximate surface area is 167 Å². The zero-order valence-corrected chi connectivity index (χ0v) is 17.4. The summed E-state index contributed by atoms with van der Waals surface area (Å²) in [4.78, 5) is 12.0. The minimum atomic E-state index is -0.317. The Bertz CT molecular complexity index is 823. The number of carbonyl (C=O) groups excluding carboxylic acids is 1. The predicted molar refractivity (Wildman–Crippen MR) is 113 cm³/mol. The fraction of sp³-hybridized carbons (Fsp3) is 0.391. The Morgan fingerprint density at radius 1 is 1.11 bits per heavy atom. The molecule has 28 heavy (non-hydrogen) atoms. The molecular formula is C23H30N2O3. The second-order valence-corrected chi connectivity index (χ2v) is 7.70. The van der Waals surface area contributed by atoms with Crippen molar-refractivity contribution in [3.63, 3.8) is 0 Å². The number of para-hydroxylation sites is 1. The Morgan fingerprint density at radius 3 is 2.54 bits per heavy atom. The highest BCUT2D eigenvalue weighted by molar-refractivity contribution is 5.85. The van der Waals surface area contributed by atoms with Crippen LogP contribution in [0, 0.1) is 6.92 Å². The SMILES string of the molecule is CCCOc1ccccc1/C=N/NC(=O)COc1ccc(C(C)(C)C)cc1C. The maximum Gasteiger partial charge on any atom is 0.277 e. The number of hydrogen-bond acceptors (Lipinski definition) is 4. The maximum atomic E-state index is 12.0. The zero-order chi connectivity index (χ0) is 20.6. The van der Waals surface area contributed by atoms with E-state index in [-0.39, 0.29) is 17.9 Å². The molecule has 0 unspecified atom stereocenters. The molecule has 1 N–H and O–H groups in total. The van der Waals surface area contributed by atoms with Crippen molar-refractivity contribution in [2.24, 2.45) is 5.10 Å². The highest BCUT2D eigenvalue weighted by Crippen LogP contribution is 2.27. The van der Waals surface area contributed by atoms with Gasteiger partial charge >= 0.3 is 0 Å². The van der Waals surface area contributed by atoms with Crippen molar-refractivity contribution >= 4 is 12.1 Å². The van der Waals surface area contributed by atoms with Crippen molar-refractivity contribution < 1.29 is 14.3 Å². The van der Waals surface area contributed by atoms with Crippen LogP contribution in [0.2, 0.25) is 0 Å². The van der Waals surface area contributed by atoms with Gasteiger partial charge in [-0.1, -0.05) is 52.0 Å². The Hall–Kier alpha value is -2.82. The predicted octanol–water partition coefficient (Wildman–Crippen LogP) is 4.61. The average Bonchev–Trinajstić information content (AvgIpc) is 2.65. The molecule has 1 amide bonds. The van der Waals surface area contributed by atoms with Crippen LogP contribution in [0.3, 0.4) is 0 Å². The minimum absolute atomic E-state index is 0.0759. The van der Waals surface area contributed by atoms with E-state index in [1.807, 2.05) is 43.3 Å². The average molecular weight is 383 g/mol. The molecule has 0 bridgehead atoms. The Kier molecular flexibility index (Phi) is 7.61. The Balaban J connectivity index is 1.89. The van der Waals surface area contributed by atoms with Gasteiger partial charge in [0.2, 0.25) is 0 Å². The first-order valence-electron chi connectivity index (χ1n) is 9.59. The van der Waals surface area contributed by atoms with Crippen LogP contribution in [0.15, 0.2) is 47.6 Å². The van der Waals surface area contributed by atoms with Crippen molar-refractivity contribution in [2.45, 2.75) is 46.5 Å². The molecule has 2 rings (SSSR count). The summed E-state index contributed by atoms with van der Waals surface area (Å²) in [6.07, 6.45) is 2.50. The number of amides is 1. The van der Waals surface area contributed by atoms with Crippen LogP contribution in [0.5, 0.6) is 11.5 Å². The van der Waals surface area contributed by atoms with Gasteiger partial charge in [0.25, 0.3) is 5.91 Å². The van der Waals surface area contributed by atoms with Crippen LogP contribution in [0.4, 0.5) is 0 Å². The van der Waals surface area contributed by atoms with Gasteiger partial charge in [-0.25, -0.2) is 5.43 Å². The summed E-state index contributed by atoms with van der Waals surface area (Å²) < 4.78 is 11.3. The van der Waals surface area contributed by atoms with E-state index in [0.29, 0.717) is 12.4 Å². The molecule has 0 saturated heterocycles. The summed E-state index contributed by atoms with van der Waals surface area (Å²) >= 11 is 0. The smallest absolute Gasteiger partial charge is 0.277 e. The van der Waals surface area contributed by atoms with Gasteiger partial charge < -0.3 is 9.47 Å². The van der Waals surface area contributed by atoms with E-state index in [9.17, 15) is 4.79 Å². The molecule has 0 saturated carbocycles. The number of aryl methyl sites for hydroxylation is 1. The normalized spacial score (nSPS) is 11.5. The molecule has 0 radical (unpaired) electrons. The first kappa shape index (κ1) is 21.5. The molecule has 150 valence electrons. The van der Waals surface area contributed by atoms with Crippen molar-refractivity contribution in [1.29, 1.82) is 0 Å². The lowest BCUT2D eigenvalue weighted by Gasteiger charge is -2.20. The van der Waals surface area contributed by atoms with Gasteiger partial charge in [-0.05, 0) is 48.1 Å². The van der Waals surface area contributed by atoms with Crippen molar-refractivity contribution in [3.05, 3.63) is 59.2 Å². The fourth-order valence-electron chi connectivity index (χ4n) is 2.56. The number of carbonyl (C=O) groups is 1. The van der Waals surface area contributed by atoms with Crippen LogP contribution in [0.25, 0.3) is 0 Å². The molecule has 0 spiro atoms. The third-order valence-corrected chi connectivity index (χ3v) is 4.17. The molecule has 5 nitrogen and oxygen atoms in total. The molecule has 5 heteroatoms. The number of rotatable bonds is 8. The summed E-state index contributed by atoms with van der Waals surface area (Å²) in [6, 6.07) is 13.6. The van der Waals surface area contributed by atoms with Crippen LogP contribution >= 0.6 is 0 Å². The topological polar surface area (TPSA) is 59.9 Å². The summed E-state index contributed by atoms with van der Waals surface area (Å²) in [5.74, 6) is 1.13. The number of nitrogens with zero attached hydrogens (tertiary/aromatic N) is 1. The van der Waals surface area contributed by atoms with E-state index >= 15 is 0 Å². The van der Waals surface area contributed by atoms with Crippen LogP contribution in [-0.2, 0) is 10.2 Å². The maximum absolute atomic E-state index is 12.0. The number of hydrogen-bond donors (Lipinski definition) is 1. The Morgan fingerprint density at radius 2 is 1.86 bits per heavy atom. The summed E-state index contributed by atoms with van der Waals surface area (Å²) in [7, 11) is 0. The highest BCUT2D eigenvalue weighted by atomic mass is 16.5. The van der Waals surface area contributed by atoms with Crippen LogP contribution < -0.4 is 14.9 Å². The molecule has 0 atom stereocenters. The number of benzene rings is 2. The summed E-state index contributed by atoms with van der Waals surface area (Å²) in [5, 5.41) is 4.01. The first-order valence-corrected chi connectivity index (χ1v) is 9.59. The highest BCUT2D eigenvalue weighted by Gasteiger charge is 2.15. The molecule has 0 aliphatic carbocycles. The zero-order valence-electron chi connectivity index (χ0n) is 17.4. The molecule has 2 aromatic carbocycles. The lowest BCUT2D eigenvalue weighted by molar-refractivity contribution is -0.123. The second-order valence-electron chi connectivity index (χ2n) is 7.70. The van der Waals surface area contributed by atoms with Gasteiger partial charge in [-0.15, -0.1) is 0 Å². The van der Waals surface area contributed by atoms with E-state index in [1.165, 1.54) is 5.56 Å². The second kappa shape index (κ2) is 9.93. The number of ether oxygens (including phenoxy) is 2. The van der Waals surface area contributed by atoms with Gasteiger partial charge in [0.15, 0.2) is 6.61 Å². The standard InChI is InChI=1S/C23H30N2O3/c1-6-13-27-21-10-8-7-9-18(21)15-24-25-22(26)16-28-20-12-11-19(14-17(20)2)23(3,4)5/h7-12,14-15H,6,13,16H2,1-5H3,(H,25,26)/b24-15+. The van der Waals surface area contributed by atoms with Crippen molar-refractivity contribution in [3.8, 4) is 11.5 Å². The monoisotopic (exact) mass is 382 g/mol. The molecule has 0 fully saturated rings. The quantitative estimate of drug-likeness (QED) is 0.536. The first-order chi connectivity index (χ1) is 13.3. The van der Waals surface area contributed by atoms with E-state index in [1.54, 1.807) is 6.21 Å². The fourth-order valence-corrected chi connectivity index (χ4v) is 2.56. The lowest BCUT2D eigenvalue weighted by Crippen LogP contribution is -2.24. The van der Waals surface area contributed by atoms with Crippen molar-refractivity contribution in [2.75, 3.05) is 13.2 Å². The molecule has 2 aromatic rings. The van der Waals surface area contributed by atoms with E-state index < -0.39 is 0 Å². The van der Waals surface area contributed by atoms with E-state index in [2.05, 4.69) is 44.3 Å². The van der Waals surface area contributed by atoms with Gasteiger partial charge in [-0.3, -0.25) is 4.79 Å². The largest absolute Gasteiger partial charge is 0.493 e. The lowest BCUT2D eigenvalue weighted by atomic mass is 9.86. The molecule has 0 heterocycles. The van der Waals surface area contributed by atoms with Gasteiger partial charge in [0, 0.05) is 5.56 Å². The van der Waals surface area contributed by atoms with Crippen LogP contribution in [0.1, 0.15) is 50.8 Å². The summed E-state index contributed by atoms with van der Waals surface area (Å²) in [5.41, 5.74) is 5.61. The van der Waals surface area contributed by atoms with Gasteiger partial charge in [0.05, 0.1) is 12.8 Å². The van der Waals surface area contributed by atoms with Crippen molar-refractivity contribution in [1.82, 2.24) is 5.43 Å². The molecule has 0 aliphatic heterocycles. The molecule has 0 aromatic heterocycles. The number of nitrogens with one attached hydrogen (secondary N) is 1. The van der Waals surface area contributed by atoms with E-state index in [0.717, 1.165) is 23.3 Å². The van der Waals surface area contributed by atoms with Gasteiger partial charge in [0.1, 0.15) is 11.5 Å². The minimum Gasteiger partial charge on any atom is -0.493 e. The van der Waals surface area contributed by atoms with E-state index in [4.69, 9.17) is 9.47 Å².